The molecule has 6 nitrogen and oxygen atoms in total. The van der Waals surface area contributed by atoms with Crippen LogP contribution in [0.1, 0.15) is 33.6 Å². The first-order valence-corrected chi connectivity index (χ1v) is 13.8. The van der Waals surface area contributed by atoms with Crippen LogP contribution in [-0.4, -0.2) is 29.6 Å². The first kappa shape index (κ1) is 31.0. The van der Waals surface area contributed by atoms with E-state index in [2.05, 4.69) is 11.1 Å². The van der Waals surface area contributed by atoms with Crippen molar-refractivity contribution >= 4 is 40.2 Å². The SMILES string of the molecule is COc1cc(/C=C2\SC(N(CCC#N)Cc3cccs3)=NC2=O)ccc1OCc1ccc(C(F)(F)F)cc1C(F)(F)F. The highest BCUT2D eigenvalue weighted by atomic mass is 32.2. The average Bonchev–Trinajstić information content (AvgIpc) is 3.58. The molecule has 220 valence electrons. The molecule has 14 heteroatoms. The van der Waals surface area contributed by atoms with Crippen molar-refractivity contribution in [2.45, 2.75) is 31.9 Å². The average molecular weight is 626 g/mol. The van der Waals surface area contributed by atoms with Crippen LogP contribution in [0.15, 0.2) is 63.8 Å². The summed E-state index contributed by atoms with van der Waals surface area (Å²) in [6.07, 6.45) is -8.15. The summed E-state index contributed by atoms with van der Waals surface area (Å²) in [5.74, 6) is -0.284. The molecular formula is C28H21F6N3O3S2. The zero-order valence-electron chi connectivity index (χ0n) is 21.8. The van der Waals surface area contributed by atoms with Crippen molar-refractivity contribution in [3.05, 3.63) is 85.9 Å². The number of amidine groups is 1. The van der Waals surface area contributed by atoms with Gasteiger partial charge in [0.25, 0.3) is 5.91 Å². The fourth-order valence-electron chi connectivity index (χ4n) is 3.89. The van der Waals surface area contributed by atoms with E-state index in [9.17, 15) is 31.1 Å². The van der Waals surface area contributed by atoms with Gasteiger partial charge in [0.15, 0.2) is 16.7 Å². The topological polar surface area (TPSA) is 74.9 Å². The molecule has 0 spiro atoms. The smallest absolute Gasteiger partial charge is 0.416 e. The Balaban J connectivity index is 1.50. The van der Waals surface area contributed by atoms with E-state index in [1.807, 2.05) is 22.4 Å². The first-order valence-electron chi connectivity index (χ1n) is 12.1. The summed E-state index contributed by atoms with van der Waals surface area (Å²) in [5, 5.41) is 11.4. The maximum absolute atomic E-state index is 13.5. The van der Waals surface area contributed by atoms with Crippen LogP contribution in [0.3, 0.4) is 0 Å². The molecule has 0 aliphatic carbocycles. The van der Waals surface area contributed by atoms with Crippen molar-refractivity contribution < 1.29 is 40.6 Å². The molecular weight excluding hydrogens is 604 g/mol. The normalized spacial score (nSPS) is 14.6. The van der Waals surface area contributed by atoms with Crippen LogP contribution in [0, 0.1) is 11.3 Å². The lowest BCUT2D eigenvalue weighted by Crippen LogP contribution is -2.28. The summed E-state index contributed by atoms with van der Waals surface area (Å²) in [6.45, 7) is 0.203. The molecule has 3 aromatic rings. The minimum atomic E-state index is -5.03. The number of halogens is 6. The highest BCUT2D eigenvalue weighted by molar-refractivity contribution is 8.18. The highest BCUT2D eigenvalue weighted by Gasteiger charge is 2.38. The molecule has 0 atom stereocenters. The molecule has 0 saturated heterocycles. The van der Waals surface area contributed by atoms with Crippen LogP contribution in [-0.2, 0) is 30.3 Å². The standard InChI is InChI=1S/C28H21F6N3O3S2/c1-39-23-12-17(13-24-25(38)36-26(42-24)37(10-3-9-35)15-20-4-2-11-41-20)5-8-22(23)40-16-18-6-7-19(27(29,30)31)14-21(18)28(32,33)34/h2,4-8,11-14H,3,10,15-16H2,1H3/b24-13-. The molecule has 1 aliphatic rings. The second kappa shape index (κ2) is 12.9. The largest absolute Gasteiger partial charge is 0.493 e. The number of hydrogen-bond donors (Lipinski definition) is 0. The fourth-order valence-corrected chi connectivity index (χ4v) is 5.55. The van der Waals surface area contributed by atoms with E-state index in [0.29, 0.717) is 34.8 Å². The van der Waals surface area contributed by atoms with E-state index in [1.54, 1.807) is 23.5 Å². The van der Waals surface area contributed by atoms with E-state index in [4.69, 9.17) is 14.7 Å². The lowest BCUT2D eigenvalue weighted by Gasteiger charge is -2.21. The second-order valence-corrected chi connectivity index (χ2v) is 10.8. The molecule has 1 aliphatic heterocycles. The number of amides is 1. The van der Waals surface area contributed by atoms with Gasteiger partial charge < -0.3 is 14.4 Å². The summed E-state index contributed by atoms with van der Waals surface area (Å²) in [7, 11) is 1.31. The van der Waals surface area contributed by atoms with Crippen LogP contribution in [0.4, 0.5) is 26.3 Å². The molecule has 0 radical (unpaired) electrons. The Morgan fingerprint density at radius 2 is 1.83 bits per heavy atom. The Morgan fingerprint density at radius 3 is 2.48 bits per heavy atom. The number of rotatable bonds is 9. The summed E-state index contributed by atoms with van der Waals surface area (Å²) in [6, 6.07) is 11.8. The van der Waals surface area contributed by atoms with E-state index in [1.165, 1.54) is 19.2 Å². The van der Waals surface area contributed by atoms with Crippen molar-refractivity contribution in [3.63, 3.8) is 0 Å². The quantitative estimate of drug-likeness (QED) is 0.179. The van der Waals surface area contributed by atoms with Gasteiger partial charge in [-0.1, -0.05) is 18.2 Å². The molecule has 42 heavy (non-hydrogen) atoms. The number of nitriles is 1. The highest BCUT2D eigenvalue weighted by Crippen LogP contribution is 2.39. The summed E-state index contributed by atoms with van der Waals surface area (Å²) < 4.78 is 90.2. The van der Waals surface area contributed by atoms with Gasteiger partial charge in [0.2, 0.25) is 0 Å². The van der Waals surface area contributed by atoms with Gasteiger partial charge in [-0.15, -0.1) is 11.3 Å². The van der Waals surface area contributed by atoms with Crippen LogP contribution >= 0.6 is 23.1 Å². The minimum absolute atomic E-state index is 0.0497. The molecule has 0 N–H and O–H groups in total. The third-order valence-electron chi connectivity index (χ3n) is 5.91. The molecule has 1 aromatic heterocycles. The molecule has 4 rings (SSSR count). The Hall–Kier alpha value is -3.96. The Morgan fingerprint density at radius 1 is 1.05 bits per heavy atom. The number of benzene rings is 2. The van der Waals surface area contributed by atoms with Gasteiger partial charge in [-0.05, 0) is 59.1 Å². The fraction of sp³-hybridized carbons (Fsp3) is 0.250. The molecule has 0 unspecified atom stereocenters. The number of carbonyl (C=O) groups is 1. The lowest BCUT2D eigenvalue weighted by molar-refractivity contribution is -0.143. The number of carbonyl (C=O) groups excluding carboxylic acids is 1. The monoisotopic (exact) mass is 625 g/mol. The van der Waals surface area contributed by atoms with Gasteiger partial charge in [-0.2, -0.15) is 36.6 Å². The van der Waals surface area contributed by atoms with Crippen molar-refractivity contribution in [3.8, 4) is 17.6 Å². The van der Waals surface area contributed by atoms with Crippen molar-refractivity contribution in [1.29, 1.82) is 5.26 Å². The van der Waals surface area contributed by atoms with Gasteiger partial charge in [0.05, 0.1) is 42.2 Å². The number of methoxy groups -OCH3 is 1. The van der Waals surface area contributed by atoms with Crippen LogP contribution in [0.5, 0.6) is 11.5 Å². The lowest BCUT2D eigenvalue weighted by atomic mass is 10.0. The molecule has 1 amide bonds. The number of ether oxygens (including phenoxy) is 2. The predicted molar refractivity (Wildman–Crippen MR) is 147 cm³/mol. The Labute approximate surface area is 244 Å². The van der Waals surface area contributed by atoms with Gasteiger partial charge in [-0.25, -0.2) is 0 Å². The molecule has 0 fully saturated rings. The number of nitrogens with zero attached hydrogens (tertiary/aromatic N) is 3. The molecule has 0 saturated carbocycles. The van der Waals surface area contributed by atoms with Crippen LogP contribution in [0.2, 0.25) is 0 Å². The summed E-state index contributed by atoms with van der Waals surface area (Å²) in [5.41, 5.74) is -2.84. The maximum Gasteiger partial charge on any atom is 0.416 e. The maximum atomic E-state index is 13.5. The minimum Gasteiger partial charge on any atom is -0.493 e. The van der Waals surface area contributed by atoms with Crippen molar-refractivity contribution in [2.75, 3.05) is 13.7 Å². The zero-order chi connectivity index (χ0) is 30.5. The Kier molecular flexibility index (Phi) is 9.53. The van der Waals surface area contributed by atoms with Crippen LogP contribution < -0.4 is 9.47 Å². The summed E-state index contributed by atoms with van der Waals surface area (Å²) in [4.78, 5) is 20.0. The number of alkyl halides is 6. The number of thioether (sulfide) groups is 1. The second-order valence-electron chi connectivity index (χ2n) is 8.79. The summed E-state index contributed by atoms with van der Waals surface area (Å²) >= 11 is 2.69. The predicted octanol–water partition coefficient (Wildman–Crippen LogP) is 7.76. The molecule has 0 bridgehead atoms. The zero-order valence-corrected chi connectivity index (χ0v) is 23.4. The molecule has 2 heterocycles. The Bertz CT molecular complexity index is 1540. The van der Waals surface area contributed by atoms with E-state index in [0.717, 1.165) is 22.7 Å². The third kappa shape index (κ3) is 7.65. The van der Waals surface area contributed by atoms with Crippen molar-refractivity contribution in [1.82, 2.24) is 4.90 Å². The van der Waals surface area contributed by atoms with Gasteiger partial charge in [0, 0.05) is 17.0 Å². The van der Waals surface area contributed by atoms with Crippen LogP contribution in [0.25, 0.3) is 6.08 Å². The van der Waals surface area contributed by atoms with Gasteiger partial charge in [-0.3, -0.25) is 4.79 Å². The van der Waals surface area contributed by atoms with E-state index in [-0.39, 0.29) is 24.0 Å². The van der Waals surface area contributed by atoms with E-state index < -0.39 is 41.6 Å². The van der Waals surface area contributed by atoms with Crippen molar-refractivity contribution in [2.24, 2.45) is 4.99 Å². The first-order chi connectivity index (χ1) is 19.9. The van der Waals surface area contributed by atoms with E-state index >= 15 is 0 Å². The van der Waals surface area contributed by atoms with Gasteiger partial charge in [0.1, 0.15) is 6.61 Å². The number of hydrogen-bond acceptors (Lipinski definition) is 7. The molecule has 2 aromatic carbocycles. The number of aliphatic imine (C=N–C) groups is 1. The van der Waals surface area contributed by atoms with Gasteiger partial charge >= 0.3 is 12.4 Å². The number of thiophene rings is 1. The third-order valence-corrected chi connectivity index (χ3v) is 7.82.